The molecule has 49 heavy (non-hydrogen) atoms. The van der Waals surface area contributed by atoms with Crippen molar-refractivity contribution in [3.05, 3.63) is 95.3 Å². The van der Waals surface area contributed by atoms with Crippen LogP contribution in [0.4, 0.5) is 17.1 Å². The third kappa shape index (κ3) is 5.76. The Kier molecular flexibility index (Phi) is 8.68. The maximum atomic E-state index is 14.9. The molecule has 0 radical (unpaired) electrons. The number of para-hydroxylation sites is 1. The van der Waals surface area contributed by atoms with Crippen molar-refractivity contribution in [2.75, 3.05) is 23.5 Å². The lowest BCUT2D eigenvalue weighted by atomic mass is 9.82. The molecule has 0 bridgehead atoms. The minimum Gasteiger partial charge on any atom is -0.497 e. The summed E-state index contributed by atoms with van der Waals surface area (Å²) in [6.45, 7) is 6.64. The van der Waals surface area contributed by atoms with Crippen molar-refractivity contribution in [1.82, 2.24) is 15.0 Å². The van der Waals surface area contributed by atoms with E-state index in [9.17, 15) is 19.5 Å². The van der Waals surface area contributed by atoms with Crippen molar-refractivity contribution < 1.29 is 29.0 Å². The Bertz CT molecular complexity index is 1870. The van der Waals surface area contributed by atoms with Gasteiger partial charge in [-0.05, 0) is 73.5 Å². The highest BCUT2D eigenvalue weighted by molar-refractivity contribution is 6.71. The molecule has 11 nitrogen and oxygen atoms in total. The number of hydrogen-bond acceptors (Lipinski definition) is 8. The van der Waals surface area contributed by atoms with E-state index in [1.807, 2.05) is 86.9 Å². The van der Waals surface area contributed by atoms with Crippen LogP contribution in [-0.2, 0) is 45.9 Å². The normalized spacial score (nSPS) is 23.3. The van der Waals surface area contributed by atoms with E-state index in [2.05, 4.69) is 16.4 Å². The maximum absolute atomic E-state index is 14.9. The first-order chi connectivity index (χ1) is 23.5. The first-order valence-corrected chi connectivity index (χ1v) is 20.0. The van der Waals surface area contributed by atoms with Crippen LogP contribution in [0.5, 0.6) is 5.75 Å². The predicted molar refractivity (Wildman–Crippen MR) is 187 cm³/mol. The van der Waals surface area contributed by atoms with Crippen LogP contribution in [0.25, 0.3) is 0 Å². The van der Waals surface area contributed by atoms with Crippen LogP contribution in [0.1, 0.15) is 42.1 Å². The fraction of sp³-hybridized carbons (Fsp3) is 0.405. The lowest BCUT2D eigenvalue weighted by molar-refractivity contribution is -0.146. The lowest BCUT2D eigenvalue weighted by Gasteiger charge is -2.32. The molecular weight excluding hydrogens is 639 g/mol. The second-order valence-electron chi connectivity index (χ2n) is 13.9. The number of benzene rings is 3. The molecule has 1 aromatic heterocycles. The van der Waals surface area contributed by atoms with Gasteiger partial charge in [-0.1, -0.05) is 42.5 Å². The van der Waals surface area contributed by atoms with Gasteiger partial charge in [0.1, 0.15) is 5.75 Å². The van der Waals surface area contributed by atoms with Crippen molar-refractivity contribution in [3.8, 4) is 5.75 Å². The molecule has 2 amide bonds. The molecule has 4 aromatic rings. The van der Waals surface area contributed by atoms with E-state index in [1.165, 1.54) is 0 Å². The van der Waals surface area contributed by atoms with Crippen LogP contribution in [0.15, 0.2) is 72.9 Å². The first kappa shape index (κ1) is 33.1. The molecule has 0 aliphatic carbocycles. The maximum Gasteiger partial charge on any atom is 0.264 e. The number of aliphatic hydroxyl groups is 1. The number of aromatic nitrogens is 3. The Morgan fingerprint density at radius 3 is 2.55 bits per heavy atom. The summed E-state index contributed by atoms with van der Waals surface area (Å²) in [6, 6.07) is 21.5. The highest BCUT2D eigenvalue weighted by Gasteiger charge is 2.66. The number of carbonyl (C=O) groups is 2. The Morgan fingerprint density at radius 2 is 1.82 bits per heavy atom. The molecule has 0 unspecified atom stereocenters. The summed E-state index contributed by atoms with van der Waals surface area (Å²) in [5, 5.41) is 17.6. The molecule has 12 heteroatoms. The summed E-state index contributed by atoms with van der Waals surface area (Å²) in [4.78, 5) is 43.1. The average Bonchev–Trinajstić information content (AvgIpc) is 3.73. The van der Waals surface area contributed by atoms with Gasteiger partial charge in [0.05, 0.1) is 36.8 Å². The van der Waals surface area contributed by atoms with Gasteiger partial charge >= 0.3 is 0 Å². The summed E-state index contributed by atoms with van der Waals surface area (Å²) in [5.74, 6) is 0.205. The lowest BCUT2D eigenvalue weighted by Crippen LogP contribution is -2.46. The summed E-state index contributed by atoms with van der Waals surface area (Å²) < 4.78 is 14.3. The van der Waals surface area contributed by atoms with Gasteiger partial charge in [-0.3, -0.25) is 19.2 Å². The Hall–Kier alpha value is -4.36. The van der Waals surface area contributed by atoms with Crippen LogP contribution >= 0.6 is 0 Å². The van der Waals surface area contributed by atoms with Crippen molar-refractivity contribution in [2.45, 2.75) is 76.0 Å². The van der Waals surface area contributed by atoms with Gasteiger partial charge < -0.3 is 24.3 Å². The first-order valence-electron chi connectivity index (χ1n) is 17.0. The van der Waals surface area contributed by atoms with Crippen LogP contribution in [0, 0.1) is 5.92 Å². The Labute approximate surface area is 287 Å². The zero-order valence-corrected chi connectivity index (χ0v) is 29.4. The van der Waals surface area contributed by atoms with Crippen molar-refractivity contribution in [2.24, 2.45) is 5.92 Å². The second kappa shape index (κ2) is 12.8. The number of nitrogens with zero attached hydrogens (tertiary/aromatic N) is 5. The predicted octanol–water partition coefficient (Wildman–Crippen LogP) is 4.87. The number of aliphatic hydroxyl groups excluding tert-OH is 1. The second-order valence-corrected chi connectivity index (χ2v) is 17.9. The SMILES string of the molecule is COc1ccc2c(c1)[C@@]1(O[C@H](CCn3cc(CCO)nn3)[C@@H]([Si](C)(C)O)[C@@H]1C)C(=O)N2Cc1ccc(N2C(=O)CCc3ccccc32)cc1. The zero-order valence-electron chi connectivity index (χ0n) is 28.4. The molecule has 3 aromatic carbocycles. The van der Waals surface area contributed by atoms with E-state index in [1.54, 1.807) is 21.6 Å². The quantitative estimate of drug-likeness (QED) is 0.227. The van der Waals surface area contributed by atoms with E-state index in [4.69, 9.17) is 9.47 Å². The molecule has 0 saturated carbocycles. The summed E-state index contributed by atoms with van der Waals surface area (Å²) >= 11 is 0. The van der Waals surface area contributed by atoms with Crippen LogP contribution in [0.3, 0.4) is 0 Å². The molecule has 4 heterocycles. The number of hydrogen-bond donors (Lipinski definition) is 2. The van der Waals surface area contributed by atoms with E-state index in [-0.39, 0.29) is 29.9 Å². The number of aryl methyl sites for hydroxylation is 2. The third-order valence-corrected chi connectivity index (χ3v) is 12.9. The monoisotopic (exact) mass is 681 g/mol. The van der Waals surface area contributed by atoms with Crippen LogP contribution in [0.2, 0.25) is 18.6 Å². The van der Waals surface area contributed by atoms with E-state index < -0.39 is 20.0 Å². The van der Waals surface area contributed by atoms with Crippen LogP contribution in [-0.4, -0.2) is 64.8 Å². The minimum atomic E-state index is -2.85. The van der Waals surface area contributed by atoms with Gasteiger partial charge in [-0.2, -0.15) is 0 Å². The molecule has 1 spiro atoms. The van der Waals surface area contributed by atoms with E-state index in [0.717, 1.165) is 40.2 Å². The summed E-state index contributed by atoms with van der Waals surface area (Å²) in [7, 11) is -1.25. The highest BCUT2D eigenvalue weighted by Crippen LogP contribution is 2.60. The molecule has 3 aliphatic rings. The standard InChI is InChI=1S/C37H43N5O6Si/c1-24-35(49(3,4)46)33(17-19-40-23-27(18-20-43)38-39-40)48-37(24)30-21-29(47-2)14-15-32(30)41(36(37)45)22-25-9-12-28(13-10-25)42-31-8-6-5-7-26(31)11-16-34(42)44/h5-10,12-15,21,23-24,33,35,43,46H,11,16-20,22H2,1-4H3/t24-,33+,35-,37+/m0/s1. The molecular formula is C37H43N5O6Si. The Balaban J connectivity index is 1.19. The van der Waals surface area contributed by atoms with Gasteiger partial charge in [-0.25, -0.2) is 0 Å². The molecule has 1 fully saturated rings. The number of anilines is 3. The van der Waals surface area contributed by atoms with Gasteiger partial charge in [-0.15, -0.1) is 5.10 Å². The van der Waals surface area contributed by atoms with Gasteiger partial charge in [0.15, 0.2) is 13.9 Å². The number of rotatable bonds is 10. The number of amides is 2. The van der Waals surface area contributed by atoms with Gasteiger partial charge in [0, 0.05) is 54.9 Å². The number of methoxy groups -OCH3 is 1. The topological polar surface area (TPSA) is 130 Å². The van der Waals surface area contributed by atoms with E-state index >= 15 is 0 Å². The molecule has 4 atom stereocenters. The van der Waals surface area contributed by atoms with Crippen molar-refractivity contribution in [1.29, 1.82) is 0 Å². The summed E-state index contributed by atoms with van der Waals surface area (Å²) in [5.41, 5.74) is 4.42. The highest BCUT2D eigenvalue weighted by atomic mass is 28.4. The molecule has 256 valence electrons. The average molecular weight is 682 g/mol. The molecule has 2 N–H and O–H groups in total. The Morgan fingerprint density at radius 1 is 1.04 bits per heavy atom. The van der Waals surface area contributed by atoms with Crippen molar-refractivity contribution in [3.63, 3.8) is 0 Å². The number of carbonyl (C=O) groups excluding carboxylic acids is 2. The van der Waals surface area contributed by atoms with Gasteiger partial charge in [0.2, 0.25) is 5.91 Å². The molecule has 1 saturated heterocycles. The smallest absolute Gasteiger partial charge is 0.264 e. The third-order valence-electron chi connectivity index (χ3n) is 10.4. The fourth-order valence-corrected chi connectivity index (χ4v) is 10.8. The molecule has 7 rings (SSSR count). The molecule has 3 aliphatic heterocycles. The minimum absolute atomic E-state index is 0.00485. The summed E-state index contributed by atoms with van der Waals surface area (Å²) in [6.07, 6.45) is 3.56. The number of fused-ring (bicyclic) bond motifs is 3. The largest absolute Gasteiger partial charge is 0.497 e. The fourth-order valence-electron chi connectivity index (χ4n) is 8.19. The van der Waals surface area contributed by atoms with Gasteiger partial charge in [0.25, 0.3) is 5.91 Å². The van der Waals surface area contributed by atoms with Crippen LogP contribution < -0.4 is 14.5 Å². The zero-order chi connectivity index (χ0) is 34.5. The van der Waals surface area contributed by atoms with Crippen molar-refractivity contribution >= 4 is 37.2 Å². The number of ether oxygens (including phenoxy) is 2. The van der Waals surface area contributed by atoms with E-state index in [0.29, 0.717) is 43.8 Å².